The van der Waals surface area contributed by atoms with Crippen molar-refractivity contribution in [2.75, 3.05) is 5.32 Å². The van der Waals surface area contributed by atoms with Crippen molar-refractivity contribution in [3.8, 4) is 23.6 Å². The lowest BCUT2D eigenvalue weighted by molar-refractivity contribution is 0.541. The fourth-order valence-corrected chi connectivity index (χ4v) is 1.58. The van der Waals surface area contributed by atoms with Gasteiger partial charge in [0.15, 0.2) is 0 Å². The summed E-state index contributed by atoms with van der Waals surface area (Å²) >= 11 is 0. The Balaban J connectivity index is 2.27. The van der Waals surface area contributed by atoms with Crippen LogP contribution in [-0.2, 0) is 0 Å². The summed E-state index contributed by atoms with van der Waals surface area (Å²) in [7, 11) is 0. The van der Waals surface area contributed by atoms with Crippen LogP contribution < -0.4 is 5.32 Å². The largest absolute Gasteiger partial charge is 0.441 e. The minimum absolute atomic E-state index is 0.0122. The fourth-order valence-electron chi connectivity index (χ4n) is 1.58. The molecule has 0 saturated heterocycles. The first-order valence-corrected chi connectivity index (χ1v) is 5.95. The normalized spacial score (nSPS) is 9.40. The standard InChI is InChI=1S/C15H12N4O/c1-10-11(2)20-15(19-10)13-4-3-5-14(6-13)18-9-12(7-16)8-17/h3-6,9,18H,1-2H3. The maximum absolute atomic E-state index is 8.66. The van der Waals surface area contributed by atoms with Gasteiger partial charge in [0, 0.05) is 17.5 Å². The van der Waals surface area contributed by atoms with E-state index in [1.54, 1.807) is 12.1 Å². The molecule has 0 atom stereocenters. The molecule has 5 nitrogen and oxygen atoms in total. The lowest BCUT2D eigenvalue weighted by Crippen LogP contribution is -1.90. The van der Waals surface area contributed by atoms with Crippen molar-refractivity contribution >= 4 is 5.69 Å². The van der Waals surface area contributed by atoms with E-state index in [2.05, 4.69) is 10.3 Å². The summed E-state index contributed by atoms with van der Waals surface area (Å²) in [4.78, 5) is 4.33. The molecule has 0 fully saturated rings. The molecular formula is C15H12N4O. The van der Waals surface area contributed by atoms with Gasteiger partial charge in [-0.3, -0.25) is 0 Å². The Bertz CT molecular complexity index is 708. The number of nitrogens with zero attached hydrogens (tertiary/aromatic N) is 3. The number of nitrogens with one attached hydrogen (secondary N) is 1. The van der Waals surface area contributed by atoms with Crippen LogP contribution in [0.1, 0.15) is 11.5 Å². The first-order chi connectivity index (χ1) is 9.63. The van der Waals surface area contributed by atoms with E-state index in [0.717, 1.165) is 22.7 Å². The van der Waals surface area contributed by atoms with Crippen LogP contribution in [-0.4, -0.2) is 4.98 Å². The molecule has 2 aromatic rings. The molecule has 1 aromatic heterocycles. The van der Waals surface area contributed by atoms with Crippen molar-refractivity contribution in [2.45, 2.75) is 13.8 Å². The van der Waals surface area contributed by atoms with E-state index in [1.807, 2.05) is 38.1 Å². The number of oxazole rings is 1. The molecule has 5 heteroatoms. The molecule has 0 aliphatic heterocycles. The van der Waals surface area contributed by atoms with Crippen molar-refractivity contribution < 1.29 is 4.42 Å². The van der Waals surface area contributed by atoms with Crippen molar-refractivity contribution in [3.05, 3.63) is 47.5 Å². The molecule has 1 heterocycles. The summed E-state index contributed by atoms with van der Waals surface area (Å²) in [5.74, 6) is 1.34. The number of rotatable bonds is 3. The highest BCUT2D eigenvalue weighted by molar-refractivity contribution is 5.62. The summed E-state index contributed by atoms with van der Waals surface area (Å²) in [6.07, 6.45) is 1.37. The van der Waals surface area contributed by atoms with Crippen LogP contribution in [0.5, 0.6) is 0 Å². The molecule has 0 aliphatic carbocycles. The Kier molecular flexibility index (Phi) is 3.83. The van der Waals surface area contributed by atoms with Crippen molar-refractivity contribution in [1.82, 2.24) is 4.98 Å². The quantitative estimate of drug-likeness (QED) is 0.859. The molecule has 0 unspecified atom stereocenters. The molecule has 0 saturated carbocycles. The van der Waals surface area contributed by atoms with Gasteiger partial charge in [0.2, 0.25) is 5.89 Å². The van der Waals surface area contributed by atoms with Gasteiger partial charge >= 0.3 is 0 Å². The lowest BCUT2D eigenvalue weighted by atomic mass is 10.2. The van der Waals surface area contributed by atoms with Crippen LogP contribution in [0.4, 0.5) is 5.69 Å². The molecule has 1 N–H and O–H groups in total. The number of aryl methyl sites for hydroxylation is 2. The minimum Gasteiger partial charge on any atom is -0.441 e. The summed E-state index contributed by atoms with van der Waals surface area (Å²) in [6, 6.07) is 11.0. The SMILES string of the molecule is Cc1nc(-c2cccc(NC=C(C#N)C#N)c2)oc1C. The highest BCUT2D eigenvalue weighted by atomic mass is 16.4. The molecule has 20 heavy (non-hydrogen) atoms. The average Bonchev–Trinajstić information content (AvgIpc) is 2.80. The zero-order chi connectivity index (χ0) is 14.5. The number of aromatic nitrogens is 1. The van der Waals surface area contributed by atoms with E-state index < -0.39 is 0 Å². The molecule has 98 valence electrons. The van der Waals surface area contributed by atoms with Crippen LogP contribution in [0.3, 0.4) is 0 Å². The van der Waals surface area contributed by atoms with Crippen molar-refractivity contribution in [3.63, 3.8) is 0 Å². The number of anilines is 1. The second-order valence-electron chi connectivity index (χ2n) is 4.17. The smallest absolute Gasteiger partial charge is 0.226 e. The molecule has 0 aliphatic rings. The summed E-state index contributed by atoms with van der Waals surface area (Å²) in [6.45, 7) is 3.75. The predicted octanol–water partition coefficient (Wildman–Crippen LogP) is 3.30. The Morgan fingerprint density at radius 3 is 2.65 bits per heavy atom. The minimum atomic E-state index is 0.0122. The van der Waals surface area contributed by atoms with Gasteiger partial charge in [0.05, 0.1) is 5.69 Å². The van der Waals surface area contributed by atoms with Gasteiger partial charge in [-0.25, -0.2) is 4.98 Å². The first-order valence-electron chi connectivity index (χ1n) is 5.95. The number of hydrogen-bond acceptors (Lipinski definition) is 5. The molecule has 2 rings (SSSR count). The second kappa shape index (κ2) is 5.73. The second-order valence-corrected chi connectivity index (χ2v) is 4.17. The van der Waals surface area contributed by atoms with E-state index in [4.69, 9.17) is 14.9 Å². The van der Waals surface area contributed by atoms with Crippen LogP contribution in [0.25, 0.3) is 11.5 Å². The highest BCUT2D eigenvalue weighted by Gasteiger charge is 2.08. The van der Waals surface area contributed by atoms with Gasteiger partial charge in [-0.15, -0.1) is 0 Å². The highest BCUT2D eigenvalue weighted by Crippen LogP contribution is 2.24. The van der Waals surface area contributed by atoms with Crippen molar-refractivity contribution in [2.24, 2.45) is 0 Å². The maximum atomic E-state index is 8.66. The van der Waals surface area contributed by atoms with Gasteiger partial charge in [-0.1, -0.05) is 6.07 Å². The van der Waals surface area contributed by atoms with E-state index in [1.165, 1.54) is 6.20 Å². The van der Waals surface area contributed by atoms with Crippen LogP contribution in [0.2, 0.25) is 0 Å². The number of benzene rings is 1. The molecule has 0 spiro atoms. The van der Waals surface area contributed by atoms with Gasteiger partial charge in [-0.05, 0) is 32.0 Å². The van der Waals surface area contributed by atoms with Crippen LogP contribution in [0.15, 0.2) is 40.5 Å². The summed E-state index contributed by atoms with van der Waals surface area (Å²) < 4.78 is 5.56. The lowest BCUT2D eigenvalue weighted by Gasteiger charge is -2.02. The maximum Gasteiger partial charge on any atom is 0.226 e. The molecule has 0 bridgehead atoms. The molecule has 0 amide bonds. The van der Waals surface area contributed by atoms with E-state index in [0.29, 0.717) is 5.89 Å². The topological polar surface area (TPSA) is 85.6 Å². The Morgan fingerprint density at radius 1 is 1.30 bits per heavy atom. The third-order valence-electron chi connectivity index (χ3n) is 2.76. The van der Waals surface area contributed by atoms with Crippen LogP contribution >= 0.6 is 0 Å². The number of nitriles is 2. The van der Waals surface area contributed by atoms with Gasteiger partial charge in [-0.2, -0.15) is 10.5 Å². The fraction of sp³-hybridized carbons (Fsp3) is 0.133. The summed E-state index contributed by atoms with van der Waals surface area (Å²) in [5.41, 5.74) is 2.45. The zero-order valence-corrected chi connectivity index (χ0v) is 11.1. The van der Waals surface area contributed by atoms with E-state index >= 15 is 0 Å². The molecule has 1 aromatic carbocycles. The monoisotopic (exact) mass is 264 g/mol. The van der Waals surface area contributed by atoms with E-state index in [9.17, 15) is 0 Å². The van der Waals surface area contributed by atoms with Crippen LogP contribution in [0, 0.1) is 36.5 Å². The predicted molar refractivity (Wildman–Crippen MR) is 74.3 cm³/mol. The van der Waals surface area contributed by atoms with Gasteiger partial charge < -0.3 is 9.73 Å². The average molecular weight is 264 g/mol. The number of hydrogen-bond donors (Lipinski definition) is 1. The molecular weight excluding hydrogens is 252 g/mol. The first kappa shape index (κ1) is 13.4. The third-order valence-corrected chi connectivity index (χ3v) is 2.76. The molecule has 0 radical (unpaired) electrons. The van der Waals surface area contributed by atoms with Gasteiger partial charge in [0.1, 0.15) is 23.5 Å². The Hall–Kier alpha value is -3.05. The van der Waals surface area contributed by atoms with E-state index in [-0.39, 0.29) is 5.57 Å². The number of allylic oxidation sites excluding steroid dienone is 1. The Morgan fingerprint density at radius 2 is 2.05 bits per heavy atom. The third kappa shape index (κ3) is 2.85. The van der Waals surface area contributed by atoms with Crippen molar-refractivity contribution in [1.29, 1.82) is 10.5 Å². The Labute approximate surface area is 116 Å². The zero-order valence-electron chi connectivity index (χ0n) is 11.1. The summed E-state index contributed by atoms with van der Waals surface area (Å²) in [5, 5.41) is 20.2. The van der Waals surface area contributed by atoms with Gasteiger partial charge in [0.25, 0.3) is 0 Å².